The average Bonchev–Trinajstić information content (AvgIpc) is 2.50. The van der Waals surface area contributed by atoms with Crippen LogP contribution in [0.5, 0.6) is 0 Å². The number of carbonyl (C=O) groups excluding carboxylic acids is 2. The van der Waals surface area contributed by atoms with Crippen molar-refractivity contribution in [1.82, 2.24) is 14.9 Å². The van der Waals surface area contributed by atoms with Crippen LogP contribution < -0.4 is 5.56 Å². The molecule has 124 valence electrons. The van der Waals surface area contributed by atoms with Crippen LogP contribution in [0.25, 0.3) is 0 Å². The molecule has 9 heteroatoms. The number of aromatic nitrogens is 2. The maximum absolute atomic E-state index is 12.1. The minimum Gasteiger partial charge on any atom is -0.469 e. The highest BCUT2D eigenvalue weighted by atomic mass is 32.2. The van der Waals surface area contributed by atoms with Gasteiger partial charge in [-0.15, -0.1) is 0 Å². The lowest BCUT2D eigenvalue weighted by molar-refractivity contribution is -0.139. The molecule has 0 saturated carbocycles. The molecule has 0 bridgehead atoms. The van der Waals surface area contributed by atoms with Crippen molar-refractivity contribution in [2.45, 2.75) is 30.2 Å². The molecule has 1 amide bonds. The number of esters is 1. The number of nitrogens with zero attached hydrogens (tertiary/aromatic N) is 3. The second-order valence-corrected chi connectivity index (χ2v) is 6.05. The molecule has 0 radical (unpaired) electrons. The number of hydrogen-bond acceptors (Lipinski definition) is 7. The minimum absolute atomic E-state index is 0.113. The number of nitriles is 1. The molecule has 1 aromatic heterocycles. The summed E-state index contributed by atoms with van der Waals surface area (Å²) in [5, 5.41) is 8.31. The third-order valence-electron chi connectivity index (χ3n) is 2.90. The summed E-state index contributed by atoms with van der Waals surface area (Å²) < 4.78 is 4.54. The molecule has 0 fully saturated rings. The van der Waals surface area contributed by atoms with Crippen LogP contribution in [0.15, 0.2) is 16.0 Å². The van der Waals surface area contributed by atoms with Crippen molar-refractivity contribution in [3.8, 4) is 6.07 Å². The zero-order valence-corrected chi connectivity index (χ0v) is 14.0. The highest BCUT2D eigenvalue weighted by molar-refractivity contribution is 8.00. The van der Waals surface area contributed by atoms with E-state index in [9.17, 15) is 14.4 Å². The van der Waals surface area contributed by atoms with Gasteiger partial charge >= 0.3 is 5.97 Å². The maximum atomic E-state index is 12.1. The first-order chi connectivity index (χ1) is 10.9. The zero-order chi connectivity index (χ0) is 17.4. The van der Waals surface area contributed by atoms with Crippen molar-refractivity contribution in [2.24, 2.45) is 0 Å². The Labute approximate surface area is 137 Å². The number of H-pyrrole nitrogens is 1. The molecule has 1 atom stereocenters. The first-order valence-electron chi connectivity index (χ1n) is 6.83. The number of amides is 1. The van der Waals surface area contributed by atoms with Gasteiger partial charge in [-0.1, -0.05) is 11.8 Å². The number of nitrogens with one attached hydrogen (secondary N) is 1. The Balaban J connectivity index is 2.79. The molecule has 23 heavy (non-hydrogen) atoms. The van der Waals surface area contributed by atoms with Gasteiger partial charge in [0.1, 0.15) is 0 Å². The number of methoxy groups -OCH3 is 1. The van der Waals surface area contributed by atoms with Crippen LogP contribution in [-0.4, -0.2) is 52.7 Å². The van der Waals surface area contributed by atoms with Crippen LogP contribution in [-0.2, 0) is 20.7 Å². The Kier molecular flexibility index (Phi) is 7.28. The molecular weight excluding hydrogens is 320 g/mol. The van der Waals surface area contributed by atoms with Crippen LogP contribution in [0.3, 0.4) is 0 Å². The zero-order valence-electron chi connectivity index (χ0n) is 13.2. The minimum atomic E-state index is -0.501. The van der Waals surface area contributed by atoms with Crippen LogP contribution in [0.4, 0.5) is 0 Å². The van der Waals surface area contributed by atoms with E-state index in [1.165, 1.54) is 18.1 Å². The standard InChI is InChI=1S/C14H18N4O4S/c1-9(13(21)18(2)6-4-5-15)23-14-16-10(7-11(19)17-14)8-12(20)22-3/h7,9H,4,6,8H2,1-3H3,(H,16,17,19)/t9-/m1/s1. The first kappa shape index (κ1) is 18.7. The lowest BCUT2D eigenvalue weighted by Crippen LogP contribution is -2.34. The summed E-state index contributed by atoms with van der Waals surface area (Å²) in [5.74, 6) is -0.675. The van der Waals surface area contributed by atoms with Gasteiger partial charge in [-0.2, -0.15) is 5.26 Å². The van der Waals surface area contributed by atoms with Crippen molar-refractivity contribution in [3.05, 3.63) is 22.1 Å². The average molecular weight is 338 g/mol. The highest BCUT2D eigenvalue weighted by Gasteiger charge is 2.20. The van der Waals surface area contributed by atoms with Crippen LogP contribution in [0.2, 0.25) is 0 Å². The number of carbonyl (C=O) groups is 2. The molecule has 0 aliphatic rings. The summed E-state index contributed by atoms with van der Waals surface area (Å²) in [5.41, 5.74) is -0.125. The smallest absolute Gasteiger partial charge is 0.311 e. The van der Waals surface area contributed by atoms with Gasteiger partial charge in [-0.05, 0) is 6.92 Å². The fourth-order valence-electron chi connectivity index (χ4n) is 1.71. The van der Waals surface area contributed by atoms with E-state index in [-0.39, 0.29) is 29.6 Å². The summed E-state index contributed by atoms with van der Waals surface area (Å²) >= 11 is 1.08. The van der Waals surface area contributed by atoms with Crippen molar-refractivity contribution in [2.75, 3.05) is 20.7 Å². The molecule has 0 aliphatic carbocycles. The van der Waals surface area contributed by atoms with Gasteiger partial charge in [-0.3, -0.25) is 14.4 Å². The third-order valence-corrected chi connectivity index (χ3v) is 3.87. The van der Waals surface area contributed by atoms with Gasteiger partial charge < -0.3 is 14.6 Å². The number of aromatic amines is 1. The van der Waals surface area contributed by atoms with Gasteiger partial charge in [-0.25, -0.2) is 4.98 Å². The molecule has 0 spiro atoms. The van der Waals surface area contributed by atoms with E-state index in [1.54, 1.807) is 14.0 Å². The fourth-order valence-corrected chi connectivity index (χ4v) is 2.65. The molecule has 0 aromatic carbocycles. The van der Waals surface area contributed by atoms with Gasteiger partial charge in [0.15, 0.2) is 5.16 Å². The lowest BCUT2D eigenvalue weighted by Gasteiger charge is -2.19. The Bertz CT molecular complexity index is 667. The largest absolute Gasteiger partial charge is 0.469 e. The van der Waals surface area contributed by atoms with Gasteiger partial charge in [0.05, 0.1) is 37.0 Å². The van der Waals surface area contributed by atoms with Crippen LogP contribution in [0, 0.1) is 11.3 Å². The highest BCUT2D eigenvalue weighted by Crippen LogP contribution is 2.20. The lowest BCUT2D eigenvalue weighted by atomic mass is 10.3. The van der Waals surface area contributed by atoms with E-state index in [2.05, 4.69) is 14.7 Å². The fraction of sp³-hybridized carbons (Fsp3) is 0.500. The molecule has 1 N–H and O–H groups in total. The second-order valence-electron chi connectivity index (χ2n) is 4.72. The monoisotopic (exact) mass is 338 g/mol. The van der Waals surface area contributed by atoms with E-state index < -0.39 is 16.8 Å². The van der Waals surface area contributed by atoms with Crippen molar-refractivity contribution in [1.29, 1.82) is 5.26 Å². The van der Waals surface area contributed by atoms with Gasteiger partial charge in [0.2, 0.25) is 5.91 Å². The summed E-state index contributed by atoms with van der Waals surface area (Å²) in [6.07, 6.45) is 0.141. The third kappa shape index (κ3) is 6.12. The molecule has 8 nitrogen and oxygen atoms in total. The number of hydrogen-bond donors (Lipinski definition) is 1. The predicted molar refractivity (Wildman–Crippen MR) is 83.8 cm³/mol. The van der Waals surface area contributed by atoms with Gasteiger partial charge in [0.25, 0.3) is 5.56 Å². The normalized spacial score (nSPS) is 11.4. The first-order valence-corrected chi connectivity index (χ1v) is 7.71. The Morgan fingerprint density at radius 1 is 1.57 bits per heavy atom. The SMILES string of the molecule is COC(=O)Cc1cc(=O)[nH]c(S[C@H](C)C(=O)N(C)CCC#N)n1. The molecular formula is C14H18N4O4S. The molecule has 0 saturated heterocycles. The summed E-state index contributed by atoms with van der Waals surface area (Å²) in [6, 6.07) is 3.19. The number of thioether (sulfide) groups is 1. The van der Waals surface area contributed by atoms with Crippen LogP contribution >= 0.6 is 11.8 Å². The van der Waals surface area contributed by atoms with Gasteiger partial charge in [0, 0.05) is 19.7 Å². The van der Waals surface area contributed by atoms with E-state index in [1.807, 2.05) is 6.07 Å². The predicted octanol–water partition coefficient (Wildman–Crippen LogP) is 0.338. The molecule has 1 rings (SSSR count). The molecule has 0 aliphatic heterocycles. The van der Waals surface area contributed by atoms with E-state index >= 15 is 0 Å². The summed E-state index contributed by atoms with van der Waals surface area (Å²) in [7, 11) is 2.86. The van der Waals surface area contributed by atoms with Crippen molar-refractivity contribution >= 4 is 23.6 Å². The Hall–Kier alpha value is -2.34. The quantitative estimate of drug-likeness (QED) is 0.433. The van der Waals surface area contributed by atoms with E-state index in [0.29, 0.717) is 6.54 Å². The molecule has 1 aromatic rings. The topological polar surface area (TPSA) is 116 Å². The van der Waals surface area contributed by atoms with E-state index in [0.717, 1.165) is 11.8 Å². The second kappa shape index (κ2) is 8.95. The number of ether oxygens (including phenoxy) is 1. The van der Waals surface area contributed by atoms with Crippen molar-refractivity contribution in [3.63, 3.8) is 0 Å². The molecule has 1 heterocycles. The number of rotatable bonds is 7. The van der Waals surface area contributed by atoms with Crippen LogP contribution in [0.1, 0.15) is 19.0 Å². The summed E-state index contributed by atoms with van der Waals surface area (Å²) in [6.45, 7) is 2.02. The van der Waals surface area contributed by atoms with E-state index in [4.69, 9.17) is 5.26 Å². The molecule has 0 unspecified atom stereocenters. The maximum Gasteiger partial charge on any atom is 0.311 e. The Morgan fingerprint density at radius 2 is 2.26 bits per heavy atom. The summed E-state index contributed by atoms with van der Waals surface area (Å²) in [4.78, 5) is 43.2. The Morgan fingerprint density at radius 3 is 2.87 bits per heavy atom. The van der Waals surface area contributed by atoms with Crippen molar-refractivity contribution < 1.29 is 14.3 Å².